The standard InChI is InChI=1S/C18H27FN4O3S/c1-20(2)27(25,26)23-9-7-15(8-10-23)18(24)22-13-11-21(12-14-22)17-5-3-16(19)4-6-17/h3-6,15H,7-14H2,1-2H3. The first kappa shape index (κ1) is 20.0. The maximum absolute atomic E-state index is 13.1. The molecule has 2 fully saturated rings. The number of nitrogens with zero attached hydrogens (tertiary/aromatic N) is 4. The number of amides is 1. The van der Waals surface area contributed by atoms with Crippen molar-refractivity contribution in [1.29, 1.82) is 0 Å². The number of anilines is 1. The number of piperazine rings is 1. The van der Waals surface area contributed by atoms with Crippen LogP contribution < -0.4 is 4.90 Å². The first-order valence-corrected chi connectivity index (χ1v) is 10.7. The molecule has 0 saturated carbocycles. The molecule has 0 bridgehead atoms. The molecule has 0 radical (unpaired) electrons. The minimum Gasteiger partial charge on any atom is -0.368 e. The highest BCUT2D eigenvalue weighted by Crippen LogP contribution is 2.24. The molecular weight excluding hydrogens is 371 g/mol. The molecule has 1 aromatic carbocycles. The third kappa shape index (κ3) is 4.41. The van der Waals surface area contributed by atoms with Crippen LogP contribution in [0.15, 0.2) is 24.3 Å². The van der Waals surface area contributed by atoms with Crippen molar-refractivity contribution in [2.24, 2.45) is 5.92 Å². The first-order valence-electron chi connectivity index (χ1n) is 9.26. The van der Waals surface area contributed by atoms with Gasteiger partial charge in [0.1, 0.15) is 5.82 Å². The van der Waals surface area contributed by atoms with Crippen LogP contribution in [0, 0.1) is 11.7 Å². The topological polar surface area (TPSA) is 64.2 Å². The maximum atomic E-state index is 13.1. The van der Waals surface area contributed by atoms with Gasteiger partial charge in [-0.3, -0.25) is 4.79 Å². The average Bonchev–Trinajstić information content (AvgIpc) is 2.68. The molecule has 0 atom stereocenters. The first-order chi connectivity index (χ1) is 12.8. The summed E-state index contributed by atoms with van der Waals surface area (Å²) in [4.78, 5) is 16.8. The molecule has 27 heavy (non-hydrogen) atoms. The second-order valence-corrected chi connectivity index (χ2v) is 9.39. The number of halogens is 1. The summed E-state index contributed by atoms with van der Waals surface area (Å²) in [5.74, 6) is -0.248. The Balaban J connectivity index is 1.51. The van der Waals surface area contributed by atoms with Crippen LogP contribution in [0.1, 0.15) is 12.8 Å². The molecule has 0 unspecified atom stereocenters. The van der Waals surface area contributed by atoms with E-state index in [0.29, 0.717) is 52.1 Å². The zero-order chi connectivity index (χ0) is 19.6. The average molecular weight is 399 g/mol. The summed E-state index contributed by atoms with van der Waals surface area (Å²) in [7, 11) is -0.365. The summed E-state index contributed by atoms with van der Waals surface area (Å²) in [6.45, 7) is 3.45. The van der Waals surface area contributed by atoms with Crippen molar-refractivity contribution >= 4 is 21.8 Å². The molecule has 2 heterocycles. The van der Waals surface area contributed by atoms with Crippen LogP contribution in [0.4, 0.5) is 10.1 Å². The van der Waals surface area contributed by atoms with E-state index in [-0.39, 0.29) is 17.6 Å². The second-order valence-electron chi connectivity index (χ2n) is 7.25. The minimum absolute atomic E-state index is 0.115. The number of benzene rings is 1. The van der Waals surface area contributed by atoms with Gasteiger partial charge in [-0.05, 0) is 37.1 Å². The Labute approximate surface area is 160 Å². The molecular formula is C18H27FN4O3S. The third-order valence-electron chi connectivity index (χ3n) is 5.37. The van der Waals surface area contributed by atoms with Gasteiger partial charge >= 0.3 is 0 Å². The molecule has 0 aromatic heterocycles. The zero-order valence-corrected chi connectivity index (χ0v) is 16.7. The largest absolute Gasteiger partial charge is 0.368 e. The van der Waals surface area contributed by atoms with Crippen LogP contribution >= 0.6 is 0 Å². The van der Waals surface area contributed by atoms with Gasteiger partial charge < -0.3 is 9.80 Å². The Bertz CT molecular complexity index is 753. The number of piperidine rings is 1. The number of carbonyl (C=O) groups excluding carboxylic acids is 1. The van der Waals surface area contributed by atoms with Gasteiger partial charge in [0, 0.05) is 65.0 Å². The molecule has 2 aliphatic heterocycles. The second kappa shape index (κ2) is 8.12. The van der Waals surface area contributed by atoms with Gasteiger partial charge in [0.15, 0.2) is 0 Å². The Kier molecular flexibility index (Phi) is 6.02. The van der Waals surface area contributed by atoms with Crippen molar-refractivity contribution < 1.29 is 17.6 Å². The molecule has 7 nitrogen and oxygen atoms in total. The number of hydrogen-bond acceptors (Lipinski definition) is 4. The molecule has 2 aliphatic rings. The molecule has 2 saturated heterocycles. The lowest BCUT2D eigenvalue weighted by Gasteiger charge is -2.39. The van der Waals surface area contributed by atoms with Gasteiger partial charge in [0.25, 0.3) is 10.2 Å². The number of rotatable bonds is 4. The zero-order valence-electron chi connectivity index (χ0n) is 15.8. The van der Waals surface area contributed by atoms with Crippen LogP contribution in [0.5, 0.6) is 0 Å². The van der Waals surface area contributed by atoms with E-state index in [2.05, 4.69) is 4.90 Å². The summed E-state index contributed by atoms with van der Waals surface area (Å²) in [6, 6.07) is 6.41. The van der Waals surface area contributed by atoms with Crippen molar-refractivity contribution in [2.45, 2.75) is 12.8 Å². The highest BCUT2D eigenvalue weighted by Gasteiger charge is 2.34. The van der Waals surface area contributed by atoms with E-state index in [4.69, 9.17) is 0 Å². The Morgan fingerprint density at radius 3 is 2.07 bits per heavy atom. The van der Waals surface area contributed by atoms with Gasteiger partial charge in [0.05, 0.1) is 0 Å². The number of carbonyl (C=O) groups is 1. The monoisotopic (exact) mass is 398 g/mol. The highest BCUT2D eigenvalue weighted by atomic mass is 32.2. The summed E-state index contributed by atoms with van der Waals surface area (Å²) >= 11 is 0. The normalized spacial score (nSPS) is 20.3. The highest BCUT2D eigenvalue weighted by molar-refractivity contribution is 7.86. The predicted molar refractivity (Wildman–Crippen MR) is 102 cm³/mol. The van der Waals surface area contributed by atoms with Gasteiger partial charge in [-0.25, -0.2) is 4.39 Å². The van der Waals surface area contributed by atoms with Crippen LogP contribution in [-0.4, -0.2) is 81.2 Å². The SMILES string of the molecule is CN(C)S(=O)(=O)N1CCC(C(=O)N2CCN(c3ccc(F)cc3)CC2)CC1. The minimum atomic E-state index is -3.41. The summed E-state index contributed by atoms with van der Waals surface area (Å²) < 4.78 is 40.1. The summed E-state index contributed by atoms with van der Waals surface area (Å²) in [5.41, 5.74) is 0.964. The van der Waals surface area contributed by atoms with Gasteiger partial charge in [0.2, 0.25) is 5.91 Å². The van der Waals surface area contributed by atoms with E-state index < -0.39 is 10.2 Å². The van der Waals surface area contributed by atoms with Gasteiger partial charge in [-0.1, -0.05) is 0 Å². The molecule has 0 aliphatic carbocycles. The smallest absolute Gasteiger partial charge is 0.281 e. The molecule has 1 aromatic rings. The molecule has 1 amide bonds. The predicted octanol–water partition coefficient (Wildman–Crippen LogP) is 0.993. The van der Waals surface area contributed by atoms with E-state index in [1.807, 2.05) is 4.90 Å². The van der Waals surface area contributed by atoms with E-state index in [0.717, 1.165) is 5.69 Å². The van der Waals surface area contributed by atoms with Crippen LogP contribution in [-0.2, 0) is 15.0 Å². The molecule has 3 rings (SSSR count). The lowest BCUT2D eigenvalue weighted by molar-refractivity contribution is -0.137. The lowest BCUT2D eigenvalue weighted by Crippen LogP contribution is -2.52. The lowest BCUT2D eigenvalue weighted by atomic mass is 9.96. The Morgan fingerprint density at radius 1 is 1.00 bits per heavy atom. The van der Waals surface area contributed by atoms with Gasteiger partial charge in [-0.15, -0.1) is 0 Å². The van der Waals surface area contributed by atoms with Crippen molar-refractivity contribution in [3.05, 3.63) is 30.1 Å². The van der Waals surface area contributed by atoms with Crippen LogP contribution in [0.25, 0.3) is 0 Å². The molecule has 9 heteroatoms. The van der Waals surface area contributed by atoms with Gasteiger partial charge in [-0.2, -0.15) is 17.0 Å². The van der Waals surface area contributed by atoms with Crippen molar-refractivity contribution in [1.82, 2.24) is 13.5 Å². The Morgan fingerprint density at radius 2 is 1.56 bits per heavy atom. The number of hydrogen-bond donors (Lipinski definition) is 0. The fraction of sp³-hybridized carbons (Fsp3) is 0.611. The fourth-order valence-electron chi connectivity index (χ4n) is 3.66. The quantitative estimate of drug-likeness (QED) is 0.759. The van der Waals surface area contributed by atoms with Crippen LogP contribution in [0.2, 0.25) is 0 Å². The Hall–Kier alpha value is -1.71. The van der Waals surface area contributed by atoms with E-state index in [1.165, 1.54) is 34.8 Å². The van der Waals surface area contributed by atoms with E-state index >= 15 is 0 Å². The molecule has 0 spiro atoms. The summed E-state index contributed by atoms with van der Waals surface area (Å²) in [6.07, 6.45) is 1.12. The van der Waals surface area contributed by atoms with Crippen LogP contribution in [0.3, 0.4) is 0 Å². The van der Waals surface area contributed by atoms with E-state index in [9.17, 15) is 17.6 Å². The maximum Gasteiger partial charge on any atom is 0.281 e. The van der Waals surface area contributed by atoms with Crippen molar-refractivity contribution in [3.8, 4) is 0 Å². The summed E-state index contributed by atoms with van der Waals surface area (Å²) in [5, 5.41) is 0. The molecule has 150 valence electrons. The molecule has 0 N–H and O–H groups in total. The van der Waals surface area contributed by atoms with Crippen molar-refractivity contribution in [2.75, 3.05) is 58.3 Å². The van der Waals surface area contributed by atoms with E-state index in [1.54, 1.807) is 12.1 Å². The fourth-order valence-corrected chi connectivity index (χ4v) is 4.79. The van der Waals surface area contributed by atoms with Crippen molar-refractivity contribution in [3.63, 3.8) is 0 Å². The third-order valence-corrected chi connectivity index (χ3v) is 7.31.